The summed E-state index contributed by atoms with van der Waals surface area (Å²) in [5, 5.41) is 8.93. The van der Waals surface area contributed by atoms with Crippen LogP contribution < -0.4 is 10.2 Å². The second kappa shape index (κ2) is 8.10. The van der Waals surface area contributed by atoms with Gasteiger partial charge in [-0.25, -0.2) is 4.68 Å². The van der Waals surface area contributed by atoms with Crippen LogP contribution in [-0.4, -0.2) is 39.4 Å². The molecule has 1 aromatic heterocycles. The molecule has 4 rings (SSSR count). The van der Waals surface area contributed by atoms with Gasteiger partial charge in [0.25, 0.3) is 0 Å². The number of carbonyl (C=O) groups excluding carboxylic acids is 1. The van der Waals surface area contributed by atoms with Crippen molar-refractivity contribution in [2.75, 3.05) is 29.1 Å². The Kier molecular flexibility index (Phi) is 5.66. The molecule has 0 saturated carbocycles. The smallest absolute Gasteiger partial charge is 0.227 e. The molecule has 0 unspecified atom stereocenters. The Bertz CT molecular complexity index is 958. The van der Waals surface area contributed by atoms with Gasteiger partial charge in [0.1, 0.15) is 5.78 Å². The lowest BCUT2D eigenvalue weighted by Gasteiger charge is -2.40. The van der Waals surface area contributed by atoms with E-state index in [0.717, 1.165) is 41.2 Å². The Morgan fingerprint density at radius 1 is 1.20 bits per heavy atom. The number of rotatable bonds is 6. The van der Waals surface area contributed by atoms with E-state index >= 15 is 0 Å². The number of fused-ring (bicyclic) bond motifs is 2. The predicted octanol–water partition coefficient (Wildman–Crippen LogP) is 4.75. The monoisotopic (exact) mass is 425 g/mol. The number of hydrogen-bond donors (Lipinski definition) is 1. The molecular formula is C23H31N5OS. The molecule has 30 heavy (non-hydrogen) atoms. The van der Waals surface area contributed by atoms with Crippen molar-refractivity contribution in [1.29, 1.82) is 0 Å². The second-order valence-electron chi connectivity index (χ2n) is 8.64. The van der Waals surface area contributed by atoms with Crippen LogP contribution in [0.15, 0.2) is 41.2 Å². The molecule has 0 bridgehead atoms. The summed E-state index contributed by atoms with van der Waals surface area (Å²) in [6.07, 6.45) is 2.75. The van der Waals surface area contributed by atoms with E-state index in [1.807, 2.05) is 4.68 Å². The lowest BCUT2D eigenvalue weighted by Crippen LogP contribution is -2.42. The van der Waals surface area contributed by atoms with Crippen molar-refractivity contribution in [1.82, 2.24) is 14.8 Å². The molecule has 0 fully saturated rings. The topological polar surface area (TPSA) is 63.1 Å². The summed E-state index contributed by atoms with van der Waals surface area (Å²) in [5.74, 6) is 1.63. The summed E-state index contributed by atoms with van der Waals surface area (Å²) in [6.45, 7) is 12.6. The van der Waals surface area contributed by atoms with Crippen LogP contribution in [0.1, 0.15) is 52.6 Å². The second-order valence-corrected chi connectivity index (χ2v) is 9.87. The largest absolute Gasteiger partial charge is 0.372 e. The van der Waals surface area contributed by atoms with Gasteiger partial charge in [0.2, 0.25) is 11.1 Å². The van der Waals surface area contributed by atoms with E-state index in [1.165, 1.54) is 5.69 Å². The first-order chi connectivity index (χ1) is 14.4. The Labute approximate surface area is 183 Å². The molecule has 7 heteroatoms. The fourth-order valence-electron chi connectivity index (χ4n) is 4.60. The van der Waals surface area contributed by atoms with E-state index in [9.17, 15) is 4.79 Å². The Morgan fingerprint density at radius 2 is 1.90 bits per heavy atom. The fraction of sp³-hybridized carbons (Fsp3) is 0.522. The van der Waals surface area contributed by atoms with Gasteiger partial charge in [-0.1, -0.05) is 50.7 Å². The highest BCUT2D eigenvalue weighted by Gasteiger charge is 2.45. The van der Waals surface area contributed by atoms with Gasteiger partial charge in [0.15, 0.2) is 0 Å². The van der Waals surface area contributed by atoms with Crippen LogP contribution in [0.2, 0.25) is 0 Å². The van der Waals surface area contributed by atoms with Gasteiger partial charge in [0.05, 0.1) is 12.0 Å². The van der Waals surface area contributed by atoms with Gasteiger partial charge in [-0.2, -0.15) is 4.98 Å². The molecule has 0 spiro atoms. The van der Waals surface area contributed by atoms with Crippen LogP contribution in [0.4, 0.5) is 11.6 Å². The highest BCUT2D eigenvalue weighted by atomic mass is 32.2. The Morgan fingerprint density at radius 3 is 2.53 bits per heavy atom. The summed E-state index contributed by atoms with van der Waals surface area (Å²) in [4.78, 5) is 20.3. The number of allylic oxidation sites excluding steroid dienone is 2. The number of thioether (sulfide) groups is 1. The first-order valence-corrected chi connectivity index (χ1v) is 11.8. The van der Waals surface area contributed by atoms with Crippen molar-refractivity contribution < 1.29 is 4.79 Å². The molecule has 1 aliphatic carbocycles. The van der Waals surface area contributed by atoms with E-state index in [-0.39, 0.29) is 23.2 Å². The lowest BCUT2D eigenvalue weighted by molar-refractivity contribution is -0.125. The van der Waals surface area contributed by atoms with Crippen LogP contribution >= 0.6 is 11.8 Å². The molecule has 1 aromatic carbocycles. The number of carbonyl (C=O) groups is 1. The molecule has 0 saturated heterocycles. The Balaban J connectivity index is 1.80. The molecule has 2 atom stereocenters. The first-order valence-electron chi connectivity index (χ1n) is 10.8. The predicted molar refractivity (Wildman–Crippen MR) is 123 cm³/mol. The SMILES string of the molecule is CCSc1nc2n(n1)[C@@H](c1ccc(N(CC)CC)cc1)[C@@H]1C(=O)CC(C)(C)C=C1N2. The zero-order chi connectivity index (χ0) is 21.5. The van der Waals surface area contributed by atoms with Crippen molar-refractivity contribution in [2.24, 2.45) is 11.3 Å². The summed E-state index contributed by atoms with van der Waals surface area (Å²) < 4.78 is 1.92. The summed E-state index contributed by atoms with van der Waals surface area (Å²) in [6, 6.07) is 8.42. The van der Waals surface area contributed by atoms with Gasteiger partial charge in [-0.15, -0.1) is 5.10 Å². The highest BCUT2D eigenvalue weighted by Crippen LogP contribution is 2.45. The molecule has 2 heterocycles. The molecule has 1 N–H and O–H groups in total. The van der Waals surface area contributed by atoms with E-state index in [0.29, 0.717) is 6.42 Å². The molecule has 0 radical (unpaired) electrons. The normalized spacial score (nSPS) is 22.0. The first kappa shape index (κ1) is 21.0. The average Bonchev–Trinajstić information content (AvgIpc) is 3.09. The Hall–Kier alpha value is -2.28. The standard InChI is InChI=1S/C23H31N5OS/c1-6-27(7-2)16-11-9-15(10-12-16)20-19-17(13-23(4,5)14-18(19)29)24-21-25-22(30-8-3)26-28(20)21/h9-13,19-20H,6-8,14H2,1-5H3,(H,24,25,26)/t19-,20-/m0/s1. The van der Waals surface area contributed by atoms with Crippen molar-refractivity contribution in [3.05, 3.63) is 41.6 Å². The molecule has 2 aromatic rings. The van der Waals surface area contributed by atoms with Crippen LogP contribution in [0.25, 0.3) is 0 Å². The summed E-state index contributed by atoms with van der Waals surface area (Å²) >= 11 is 1.62. The van der Waals surface area contributed by atoms with E-state index in [4.69, 9.17) is 10.1 Å². The number of nitrogens with zero attached hydrogens (tertiary/aromatic N) is 4. The minimum atomic E-state index is -0.258. The number of ketones is 1. The van der Waals surface area contributed by atoms with Gasteiger partial charge in [-0.3, -0.25) is 4.79 Å². The number of nitrogens with one attached hydrogen (secondary N) is 1. The highest BCUT2D eigenvalue weighted by molar-refractivity contribution is 7.99. The van der Waals surface area contributed by atoms with Crippen LogP contribution in [0.5, 0.6) is 0 Å². The number of Topliss-reactive ketones (excluding diaryl/α,β-unsaturated/α-hetero) is 1. The van der Waals surface area contributed by atoms with Gasteiger partial charge in [-0.05, 0) is 42.7 Å². The molecule has 1 aliphatic heterocycles. The zero-order valence-electron chi connectivity index (χ0n) is 18.5. The van der Waals surface area contributed by atoms with Crippen molar-refractivity contribution in [3.8, 4) is 0 Å². The van der Waals surface area contributed by atoms with E-state index in [2.05, 4.69) is 75.2 Å². The van der Waals surface area contributed by atoms with Gasteiger partial charge in [0, 0.05) is 30.9 Å². The quantitative estimate of drug-likeness (QED) is 0.674. The number of anilines is 2. The third-order valence-corrected chi connectivity index (χ3v) is 6.66. The van der Waals surface area contributed by atoms with Crippen molar-refractivity contribution in [2.45, 2.75) is 52.2 Å². The van der Waals surface area contributed by atoms with E-state index in [1.54, 1.807) is 11.8 Å². The van der Waals surface area contributed by atoms with E-state index < -0.39 is 0 Å². The van der Waals surface area contributed by atoms with Gasteiger partial charge < -0.3 is 10.2 Å². The maximum Gasteiger partial charge on any atom is 0.227 e. The molecule has 6 nitrogen and oxygen atoms in total. The molecule has 160 valence electrons. The van der Waals surface area contributed by atoms with Crippen LogP contribution in [0.3, 0.4) is 0 Å². The maximum absolute atomic E-state index is 13.3. The zero-order valence-corrected chi connectivity index (χ0v) is 19.3. The summed E-state index contributed by atoms with van der Waals surface area (Å²) in [7, 11) is 0. The number of benzene rings is 1. The third-order valence-electron chi connectivity index (χ3n) is 5.94. The van der Waals surface area contributed by atoms with Gasteiger partial charge >= 0.3 is 0 Å². The number of hydrogen-bond acceptors (Lipinski definition) is 6. The fourth-order valence-corrected chi connectivity index (χ4v) is 5.16. The summed E-state index contributed by atoms with van der Waals surface area (Å²) in [5.41, 5.74) is 3.10. The van der Waals surface area contributed by atoms with Crippen molar-refractivity contribution >= 4 is 29.2 Å². The minimum Gasteiger partial charge on any atom is -0.372 e. The van der Waals surface area contributed by atoms with Crippen LogP contribution in [-0.2, 0) is 4.79 Å². The van der Waals surface area contributed by atoms with Crippen molar-refractivity contribution in [3.63, 3.8) is 0 Å². The molecular weight excluding hydrogens is 394 g/mol. The maximum atomic E-state index is 13.3. The molecule has 2 aliphatic rings. The third kappa shape index (κ3) is 3.75. The van der Waals surface area contributed by atoms with Crippen LogP contribution in [0, 0.1) is 11.3 Å². The number of aromatic nitrogens is 3. The minimum absolute atomic E-state index is 0.156. The average molecular weight is 426 g/mol. The lowest BCUT2D eigenvalue weighted by atomic mass is 9.72. The molecule has 0 amide bonds.